The van der Waals surface area contributed by atoms with E-state index in [0.717, 1.165) is 18.2 Å². The van der Waals surface area contributed by atoms with Crippen LogP contribution in [0.25, 0.3) is 44.7 Å². The molecule has 0 amide bonds. The molecule has 0 unspecified atom stereocenters. The first-order valence-corrected chi connectivity index (χ1v) is 13.4. The van der Waals surface area contributed by atoms with Gasteiger partial charge in [-0.3, -0.25) is 0 Å². The Morgan fingerprint density at radius 1 is 0.562 bits per heavy atom. The van der Waals surface area contributed by atoms with Gasteiger partial charge in [-0.25, -0.2) is 13.8 Å². The number of fused-ring (bicyclic) bond motifs is 4. The summed E-state index contributed by atoms with van der Waals surface area (Å²) in [7, 11) is 0. The van der Waals surface area contributed by atoms with Gasteiger partial charge >= 0.3 is 6.18 Å². The maximum Gasteiger partial charge on any atom is 0.416 e. The van der Waals surface area contributed by atoms with Gasteiger partial charge in [-0.15, -0.1) is 0 Å². The van der Waals surface area contributed by atoms with Gasteiger partial charge in [-0.05, 0) is 57.6 Å². The molecule has 48 heavy (non-hydrogen) atoms. The van der Waals surface area contributed by atoms with Crippen molar-refractivity contribution in [2.45, 2.75) is 6.18 Å². The summed E-state index contributed by atoms with van der Waals surface area (Å²) in [6.07, 6.45) is -4.79. The number of halogens is 7. The molecule has 2 aliphatic carbocycles. The van der Waals surface area contributed by atoms with Gasteiger partial charge in [0, 0.05) is 27.8 Å². The second-order valence-corrected chi connectivity index (χ2v) is 10.3. The third kappa shape index (κ3) is 4.49. The molecule has 0 atom stereocenters. The number of nitrogens with zero attached hydrogens (tertiary/aromatic N) is 6. The summed E-state index contributed by atoms with van der Waals surface area (Å²) in [5.74, 6) is -7.90. The molecular weight excluding hydrogens is 637 g/mol. The third-order valence-corrected chi connectivity index (χ3v) is 7.86. The lowest BCUT2D eigenvalue weighted by atomic mass is 9.89. The Labute approximate surface area is 265 Å². The van der Waals surface area contributed by atoms with Crippen molar-refractivity contribution in [2.75, 3.05) is 0 Å². The van der Waals surface area contributed by atoms with Gasteiger partial charge in [0.15, 0.2) is 5.82 Å². The number of alkyl halides is 3. The topological polar surface area (TPSA) is 132 Å². The Balaban J connectivity index is 1.61. The van der Waals surface area contributed by atoms with Crippen LogP contribution in [0.4, 0.5) is 30.7 Å². The Hall–Kier alpha value is -7.01. The van der Waals surface area contributed by atoms with Gasteiger partial charge < -0.3 is 0 Å². The van der Waals surface area contributed by atoms with Crippen LogP contribution < -0.4 is 0 Å². The highest BCUT2D eigenvalue weighted by atomic mass is 19.4. The van der Waals surface area contributed by atoms with E-state index in [9.17, 15) is 57.0 Å². The highest BCUT2D eigenvalue weighted by Gasteiger charge is 2.37. The summed E-state index contributed by atoms with van der Waals surface area (Å²) in [5.41, 5.74) is -2.66. The SMILES string of the molecule is N#CC(C#N)=C1C(c2ccc3c(c2)C(=C(C#N)C#N)c2cc(-c4nc(F)c(F)c(F)c4F)ccc2-3)=C(C#N)c2ccc(C(F)(F)F)cc21. The van der Waals surface area contributed by atoms with Crippen LogP contribution in [0.2, 0.25) is 0 Å². The first-order valence-electron chi connectivity index (χ1n) is 13.4. The van der Waals surface area contributed by atoms with Crippen LogP contribution >= 0.6 is 0 Å². The zero-order chi connectivity index (χ0) is 34.7. The lowest BCUT2D eigenvalue weighted by Crippen LogP contribution is -2.05. The number of hydrogen-bond acceptors (Lipinski definition) is 6. The van der Waals surface area contributed by atoms with Gasteiger partial charge in [0.25, 0.3) is 5.95 Å². The average Bonchev–Trinajstić information content (AvgIpc) is 3.58. The van der Waals surface area contributed by atoms with Crippen LogP contribution in [0, 0.1) is 80.1 Å². The Morgan fingerprint density at radius 2 is 1.08 bits per heavy atom. The maximum absolute atomic E-state index is 14.7. The molecule has 6 nitrogen and oxygen atoms in total. The van der Waals surface area contributed by atoms with Crippen LogP contribution in [-0.4, -0.2) is 4.98 Å². The summed E-state index contributed by atoms with van der Waals surface area (Å²) in [5, 5.41) is 49.4. The number of rotatable bonds is 2. The number of hydrogen-bond donors (Lipinski definition) is 0. The fourth-order valence-corrected chi connectivity index (χ4v) is 5.85. The normalized spacial score (nSPS) is 12.6. The molecule has 4 aromatic rings. The molecule has 1 aromatic heterocycles. The molecule has 0 saturated heterocycles. The van der Waals surface area contributed by atoms with E-state index in [1.807, 2.05) is 6.07 Å². The second kappa shape index (κ2) is 11.1. The molecule has 228 valence electrons. The van der Waals surface area contributed by atoms with E-state index in [1.54, 1.807) is 24.3 Å². The summed E-state index contributed by atoms with van der Waals surface area (Å²) in [6.45, 7) is 0. The van der Waals surface area contributed by atoms with Crippen molar-refractivity contribution in [3.05, 3.63) is 123 Å². The summed E-state index contributed by atoms with van der Waals surface area (Å²) in [4.78, 5) is 3.19. The van der Waals surface area contributed by atoms with E-state index in [0.29, 0.717) is 11.1 Å². The summed E-state index contributed by atoms with van der Waals surface area (Å²) < 4.78 is 97.3. The smallest absolute Gasteiger partial charge is 0.214 e. The van der Waals surface area contributed by atoms with Crippen molar-refractivity contribution in [3.8, 4) is 52.7 Å². The third-order valence-electron chi connectivity index (χ3n) is 7.86. The Bertz CT molecular complexity index is 2460. The van der Waals surface area contributed by atoms with Crippen LogP contribution in [0.1, 0.15) is 33.4 Å². The predicted molar refractivity (Wildman–Crippen MR) is 154 cm³/mol. The van der Waals surface area contributed by atoms with Crippen LogP contribution in [0.5, 0.6) is 0 Å². The first kappa shape index (κ1) is 31.0. The molecule has 6 rings (SSSR count). The number of allylic oxidation sites excluding steroid dienone is 5. The maximum atomic E-state index is 14.7. The Morgan fingerprint density at radius 3 is 1.65 bits per heavy atom. The molecule has 0 spiro atoms. The van der Waals surface area contributed by atoms with Crippen molar-refractivity contribution in [3.63, 3.8) is 0 Å². The van der Waals surface area contributed by atoms with E-state index in [-0.39, 0.29) is 55.7 Å². The van der Waals surface area contributed by atoms with Gasteiger partial charge in [0.05, 0.1) is 11.1 Å². The van der Waals surface area contributed by atoms with Gasteiger partial charge in [-0.1, -0.05) is 30.3 Å². The number of aromatic nitrogens is 1. The van der Waals surface area contributed by atoms with E-state index in [1.165, 1.54) is 36.4 Å². The van der Waals surface area contributed by atoms with Crippen LogP contribution in [0.15, 0.2) is 65.7 Å². The van der Waals surface area contributed by atoms with E-state index in [4.69, 9.17) is 0 Å². The molecule has 0 fully saturated rings. The highest BCUT2D eigenvalue weighted by Crippen LogP contribution is 2.52. The van der Waals surface area contributed by atoms with Crippen molar-refractivity contribution in [2.24, 2.45) is 0 Å². The monoisotopic (exact) mass is 646 g/mol. The number of pyridine rings is 1. The average molecular weight is 646 g/mol. The molecule has 3 aromatic carbocycles. The fourth-order valence-electron chi connectivity index (χ4n) is 5.85. The Kier molecular flexibility index (Phi) is 7.17. The molecule has 0 radical (unpaired) electrons. The van der Waals surface area contributed by atoms with Crippen LogP contribution in [-0.2, 0) is 6.18 Å². The fraction of sp³-hybridized carbons (Fsp3) is 0.0286. The largest absolute Gasteiger partial charge is 0.416 e. The van der Waals surface area contributed by atoms with Crippen LogP contribution in [0.3, 0.4) is 0 Å². The molecule has 0 bridgehead atoms. The zero-order valence-electron chi connectivity index (χ0n) is 23.5. The minimum Gasteiger partial charge on any atom is -0.214 e. The minimum absolute atomic E-state index is 0.0301. The number of benzene rings is 3. The molecule has 0 aliphatic heterocycles. The number of nitriles is 5. The van der Waals surface area contributed by atoms with Gasteiger partial charge in [0.2, 0.25) is 11.6 Å². The lowest BCUT2D eigenvalue weighted by molar-refractivity contribution is -0.137. The molecular formula is C35H9F7N6. The first-order chi connectivity index (χ1) is 22.9. The molecule has 1 heterocycles. The minimum atomic E-state index is -4.79. The second-order valence-electron chi connectivity index (χ2n) is 10.3. The van der Waals surface area contributed by atoms with Gasteiger partial charge in [0.1, 0.15) is 47.2 Å². The summed E-state index contributed by atoms with van der Waals surface area (Å²) >= 11 is 0. The van der Waals surface area contributed by atoms with E-state index in [2.05, 4.69) is 4.98 Å². The molecule has 2 aliphatic rings. The van der Waals surface area contributed by atoms with E-state index < -0.39 is 52.0 Å². The van der Waals surface area contributed by atoms with E-state index >= 15 is 0 Å². The van der Waals surface area contributed by atoms with Gasteiger partial charge in [-0.2, -0.15) is 48.3 Å². The van der Waals surface area contributed by atoms with Crippen molar-refractivity contribution in [1.29, 1.82) is 26.3 Å². The lowest BCUT2D eigenvalue weighted by Gasteiger charge is -2.12. The molecule has 0 N–H and O–H groups in total. The molecule has 0 saturated carbocycles. The molecule has 13 heteroatoms. The highest BCUT2D eigenvalue weighted by molar-refractivity contribution is 6.26. The van der Waals surface area contributed by atoms with Crippen molar-refractivity contribution >= 4 is 22.3 Å². The quantitative estimate of drug-likeness (QED) is 0.108. The summed E-state index contributed by atoms with van der Waals surface area (Å²) in [6, 6.07) is 19.5. The standard InChI is InChI=1S/C35H9F7N6/c36-30-31(37)33(48-34(39)32(30)38)16-2-5-21-20-4-1-15(7-23(20)27(24(21)8-16)17(10-43)11-44)28-26(14-47)22-6-3-19(35(40,41)42)9-25(22)29(28)18(12-45)13-46/h1-9H. The van der Waals surface area contributed by atoms with Crippen molar-refractivity contribution in [1.82, 2.24) is 4.98 Å². The predicted octanol–water partition coefficient (Wildman–Crippen LogP) is 8.40. The van der Waals surface area contributed by atoms with Crippen molar-refractivity contribution < 1.29 is 30.7 Å². The zero-order valence-corrected chi connectivity index (χ0v) is 23.5.